The van der Waals surface area contributed by atoms with Crippen LogP contribution in [0, 0.1) is 6.92 Å². The first-order valence-corrected chi connectivity index (χ1v) is 6.51. The Kier molecular flexibility index (Phi) is 3.06. The van der Waals surface area contributed by atoms with Crippen LogP contribution in [0.25, 0.3) is 10.8 Å². The van der Waals surface area contributed by atoms with Gasteiger partial charge in [-0.25, -0.2) is 0 Å². The highest BCUT2D eigenvalue weighted by atomic mass is 16.1. The van der Waals surface area contributed by atoms with Gasteiger partial charge in [-0.3, -0.25) is 14.5 Å². The molecule has 0 amide bonds. The predicted molar refractivity (Wildman–Crippen MR) is 77.7 cm³/mol. The molecule has 0 aliphatic rings. The third-order valence-corrected chi connectivity index (χ3v) is 3.38. The molecule has 3 rings (SSSR count). The van der Waals surface area contributed by atoms with E-state index < -0.39 is 0 Å². The molecule has 0 bridgehead atoms. The van der Waals surface area contributed by atoms with Gasteiger partial charge in [0.05, 0.1) is 12.1 Å². The summed E-state index contributed by atoms with van der Waals surface area (Å²) >= 11 is 0. The van der Waals surface area contributed by atoms with E-state index in [0.717, 1.165) is 22.2 Å². The average molecular weight is 265 g/mol. The van der Waals surface area contributed by atoms with Crippen molar-refractivity contribution >= 4 is 16.6 Å². The number of carbonyl (C=O) groups is 1. The van der Waals surface area contributed by atoms with E-state index in [-0.39, 0.29) is 5.78 Å². The van der Waals surface area contributed by atoms with E-state index in [0.29, 0.717) is 12.1 Å². The molecule has 0 fully saturated rings. The van der Waals surface area contributed by atoms with Crippen molar-refractivity contribution < 1.29 is 4.79 Å². The van der Waals surface area contributed by atoms with Crippen molar-refractivity contribution in [2.75, 3.05) is 0 Å². The molecule has 0 aliphatic heterocycles. The SMILES string of the molecule is Cc1cc(CC(=O)c2nccc3ccccc23)n(C)n1. The van der Waals surface area contributed by atoms with Crippen molar-refractivity contribution in [1.29, 1.82) is 0 Å². The Balaban J connectivity index is 1.99. The van der Waals surface area contributed by atoms with Gasteiger partial charge in [0.2, 0.25) is 0 Å². The number of hydrogen-bond acceptors (Lipinski definition) is 3. The van der Waals surface area contributed by atoms with Gasteiger partial charge >= 0.3 is 0 Å². The number of hydrogen-bond donors (Lipinski definition) is 0. The first kappa shape index (κ1) is 12.5. The second-order valence-electron chi connectivity index (χ2n) is 4.88. The van der Waals surface area contributed by atoms with Gasteiger partial charge in [-0.1, -0.05) is 24.3 Å². The molecule has 4 heteroatoms. The summed E-state index contributed by atoms with van der Waals surface area (Å²) in [6.45, 7) is 1.92. The smallest absolute Gasteiger partial charge is 0.187 e. The van der Waals surface area contributed by atoms with E-state index >= 15 is 0 Å². The number of fused-ring (bicyclic) bond motifs is 1. The van der Waals surface area contributed by atoms with Gasteiger partial charge in [-0.2, -0.15) is 5.10 Å². The number of carbonyl (C=O) groups excluding carboxylic acids is 1. The molecule has 0 atom stereocenters. The Labute approximate surface area is 117 Å². The lowest BCUT2D eigenvalue weighted by molar-refractivity contribution is 0.0988. The Morgan fingerprint density at radius 2 is 2.05 bits per heavy atom. The zero-order valence-electron chi connectivity index (χ0n) is 11.5. The van der Waals surface area contributed by atoms with Crippen LogP contribution in [-0.4, -0.2) is 20.5 Å². The highest BCUT2D eigenvalue weighted by Crippen LogP contribution is 2.18. The van der Waals surface area contributed by atoms with E-state index in [2.05, 4.69) is 10.1 Å². The quantitative estimate of drug-likeness (QED) is 0.684. The van der Waals surface area contributed by atoms with Gasteiger partial charge in [0.1, 0.15) is 5.69 Å². The third kappa shape index (κ3) is 2.20. The molecule has 2 aromatic heterocycles. The summed E-state index contributed by atoms with van der Waals surface area (Å²) in [6, 6.07) is 11.7. The summed E-state index contributed by atoms with van der Waals surface area (Å²) in [6.07, 6.45) is 2.00. The number of nitrogens with zero attached hydrogens (tertiary/aromatic N) is 3. The lowest BCUT2D eigenvalue weighted by Gasteiger charge is -2.05. The zero-order chi connectivity index (χ0) is 14.1. The summed E-state index contributed by atoms with van der Waals surface area (Å²) in [5, 5.41) is 6.20. The molecule has 0 radical (unpaired) electrons. The standard InChI is InChI=1S/C16H15N3O/c1-11-9-13(19(2)18-11)10-15(20)16-14-6-4-3-5-12(14)7-8-17-16/h3-9H,10H2,1-2H3. The lowest BCUT2D eigenvalue weighted by atomic mass is 10.0. The zero-order valence-corrected chi connectivity index (χ0v) is 11.5. The number of ketones is 1. The summed E-state index contributed by atoms with van der Waals surface area (Å²) < 4.78 is 1.75. The van der Waals surface area contributed by atoms with E-state index in [9.17, 15) is 4.79 Å². The van der Waals surface area contributed by atoms with Crippen LogP contribution in [0.5, 0.6) is 0 Å². The third-order valence-electron chi connectivity index (χ3n) is 3.38. The van der Waals surface area contributed by atoms with Gasteiger partial charge in [-0.15, -0.1) is 0 Å². The highest BCUT2D eigenvalue weighted by molar-refractivity contribution is 6.06. The Bertz CT molecular complexity index is 784. The number of aromatic nitrogens is 3. The molecule has 2 heterocycles. The first-order valence-electron chi connectivity index (χ1n) is 6.51. The van der Waals surface area contributed by atoms with E-state index in [4.69, 9.17) is 0 Å². The van der Waals surface area contributed by atoms with Crippen LogP contribution in [0.2, 0.25) is 0 Å². The minimum Gasteiger partial charge on any atom is -0.292 e. The maximum atomic E-state index is 12.5. The average Bonchev–Trinajstić information content (AvgIpc) is 2.76. The van der Waals surface area contributed by atoms with Crippen LogP contribution in [0.15, 0.2) is 42.6 Å². The highest BCUT2D eigenvalue weighted by Gasteiger charge is 2.14. The molecule has 0 aliphatic carbocycles. The van der Waals surface area contributed by atoms with Crippen LogP contribution in [0.1, 0.15) is 21.9 Å². The monoisotopic (exact) mass is 265 g/mol. The molecule has 0 saturated carbocycles. The summed E-state index contributed by atoms with van der Waals surface area (Å²) in [4.78, 5) is 16.7. The van der Waals surface area contributed by atoms with Crippen molar-refractivity contribution in [2.24, 2.45) is 7.05 Å². The van der Waals surface area contributed by atoms with Gasteiger partial charge in [-0.05, 0) is 24.4 Å². The number of aryl methyl sites for hydroxylation is 2. The second-order valence-corrected chi connectivity index (χ2v) is 4.88. The summed E-state index contributed by atoms with van der Waals surface area (Å²) in [7, 11) is 1.85. The molecule has 0 unspecified atom stereocenters. The van der Waals surface area contributed by atoms with E-state index in [1.54, 1.807) is 10.9 Å². The van der Waals surface area contributed by atoms with Gasteiger partial charge in [0, 0.05) is 24.3 Å². The maximum Gasteiger partial charge on any atom is 0.187 e. The van der Waals surface area contributed by atoms with Crippen molar-refractivity contribution in [3.8, 4) is 0 Å². The van der Waals surface area contributed by atoms with Crippen molar-refractivity contribution in [3.63, 3.8) is 0 Å². The fourth-order valence-electron chi connectivity index (χ4n) is 2.42. The molecule has 3 aromatic rings. The Morgan fingerprint density at radius 1 is 1.25 bits per heavy atom. The summed E-state index contributed by atoms with van der Waals surface area (Å²) in [5.41, 5.74) is 2.35. The van der Waals surface area contributed by atoms with Crippen LogP contribution >= 0.6 is 0 Å². The largest absolute Gasteiger partial charge is 0.292 e. The summed E-state index contributed by atoms with van der Waals surface area (Å²) in [5.74, 6) is 0.0183. The van der Waals surface area contributed by atoms with Gasteiger partial charge in [0.15, 0.2) is 5.78 Å². The van der Waals surface area contributed by atoms with Gasteiger partial charge < -0.3 is 0 Å². The van der Waals surface area contributed by atoms with E-state index in [1.807, 2.05) is 50.4 Å². The molecule has 20 heavy (non-hydrogen) atoms. The number of Topliss-reactive ketones (excluding diaryl/α,β-unsaturated/α-hetero) is 1. The normalized spacial score (nSPS) is 10.9. The first-order chi connectivity index (χ1) is 9.65. The Hall–Kier alpha value is -2.49. The lowest BCUT2D eigenvalue weighted by Crippen LogP contribution is -2.10. The molecule has 4 nitrogen and oxygen atoms in total. The predicted octanol–water partition coefficient (Wildman–Crippen LogP) is 2.70. The van der Waals surface area contributed by atoms with Crippen LogP contribution in [0.3, 0.4) is 0 Å². The fraction of sp³-hybridized carbons (Fsp3) is 0.188. The molecule has 0 spiro atoms. The second kappa shape index (κ2) is 4.89. The van der Waals surface area contributed by atoms with Crippen molar-refractivity contribution in [3.05, 3.63) is 59.7 Å². The number of pyridine rings is 1. The maximum absolute atomic E-state index is 12.5. The fourth-order valence-corrected chi connectivity index (χ4v) is 2.42. The minimum absolute atomic E-state index is 0.0183. The van der Waals surface area contributed by atoms with Crippen LogP contribution in [-0.2, 0) is 13.5 Å². The van der Waals surface area contributed by atoms with E-state index in [1.165, 1.54) is 0 Å². The van der Waals surface area contributed by atoms with Crippen LogP contribution < -0.4 is 0 Å². The van der Waals surface area contributed by atoms with Crippen LogP contribution in [0.4, 0.5) is 0 Å². The molecular formula is C16H15N3O. The molecular weight excluding hydrogens is 250 g/mol. The molecule has 100 valence electrons. The van der Waals surface area contributed by atoms with Gasteiger partial charge in [0.25, 0.3) is 0 Å². The van der Waals surface area contributed by atoms with Crippen molar-refractivity contribution in [2.45, 2.75) is 13.3 Å². The Morgan fingerprint density at radius 3 is 2.80 bits per heavy atom. The molecule has 1 aromatic carbocycles. The minimum atomic E-state index is 0.0183. The number of rotatable bonds is 3. The molecule has 0 N–H and O–H groups in total. The topological polar surface area (TPSA) is 47.8 Å². The molecule has 0 saturated heterocycles. The van der Waals surface area contributed by atoms with Crippen molar-refractivity contribution in [1.82, 2.24) is 14.8 Å². The number of benzene rings is 1.